The largest absolute Gasteiger partial charge is 0.315 e. The predicted octanol–water partition coefficient (Wildman–Crippen LogP) is 1.52. The first-order valence-electron chi connectivity index (χ1n) is 6.42. The number of likely N-dealkylation sites (tertiary alicyclic amines) is 1. The summed E-state index contributed by atoms with van der Waals surface area (Å²) in [5, 5.41) is 3.51. The molecule has 2 unspecified atom stereocenters. The lowest BCUT2D eigenvalue weighted by Gasteiger charge is -2.22. The van der Waals surface area contributed by atoms with Crippen LogP contribution in [0.3, 0.4) is 0 Å². The summed E-state index contributed by atoms with van der Waals surface area (Å²) in [7, 11) is 0. The van der Waals surface area contributed by atoms with Gasteiger partial charge in [0.1, 0.15) is 0 Å². The van der Waals surface area contributed by atoms with Gasteiger partial charge in [0, 0.05) is 19.1 Å². The van der Waals surface area contributed by atoms with E-state index >= 15 is 0 Å². The monoisotopic (exact) mass is 216 g/mol. The maximum Gasteiger partial charge on any atom is 0.0261 e. The molecule has 2 fully saturated rings. The van der Waals surface area contributed by atoms with Gasteiger partial charge in [-0.2, -0.15) is 0 Å². The van der Waals surface area contributed by atoms with Crippen molar-refractivity contribution in [2.24, 2.45) is 5.92 Å². The Hall–Kier alpha value is -0.860. The second-order valence-electron chi connectivity index (χ2n) is 5.05. The summed E-state index contributed by atoms with van der Waals surface area (Å²) in [5.41, 5.74) is 1.47. The molecule has 1 N–H and O–H groups in total. The highest BCUT2D eigenvalue weighted by molar-refractivity contribution is 5.15. The van der Waals surface area contributed by atoms with Gasteiger partial charge in [0.05, 0.1) is 0 Å². The Morgan fingerprint density at radius 2 is 2.06 bits per heavy atom. The van der Waals surface area contributed by atoms with E-state index in [0.717, 1.165) is 12.0 Å². The number of fused-ring (bicyclic) bond motifs is 1. The number of benzene rings is 1. The van der Waals surface area contributed by atoms with Gasteiger partial charge in [-0.25, -0.2) is 0 Å². The standard InChI is InChI=1S/C14H20N2/c1-2-4-12(5-3-1)6-8-16-9-7-13-10-15-11-14(13)16/h1-5,13-15H,6-11H2. The first kappa shape index (κ1) is 10.3. The fourth-order valence-electron chi connectivity index (χ4n) is 3.13. The summed E-state index contributed by atoms with van der Waals surface area (Å²) in [6.45, 7) is 4.99. The maximum atomic E-state index is 3.51. The predicted molar refractivity (Wildman–Crippen MR) is 66.5 cm³/mol. The van der Waals surface area contributed by atoms with E-state index in [4.69, 9.17) is 0 Å². The molecule has 2 nitrogen and oxygen atoms in total. The molecule has 2 aliphatic heterocycles. The van der Waals surface area contributed by atoms with Crippen LogP contribution in [-0.4, -0.2) is 37.1 Å². The molecule has 2 saturated heterocycles. The molecule has 16 heavy (non-hydrogen) atoms. The Labute approximate surface area is 97.6 Å². The van der Waals surface area contributed by atoms with Crippen molar-refractivity contribution in [1.82, 2.24) is 10.2 Å². The Bertz CT molecular complexity index is 336. The van der Waals surface area contributed by atoms with Gasteiger partial charge in [0.2, 0.25) is 0 Å². The fraction of sp³-hybridized carbons (Fsp3) is 0.571. The van der Waals surface area contributed by atoms with Crippen LogP contribution in [0.15, 0.2) is 30.3 Å². The van der Waals surface area contributed by atoms with Crippen molar-refractivity contribution in [2.75, 3.05) is 26.2 Å². The molecule has 86 valence electrons. The number of nitrogens with zero attached hydrogens (tertiary/aromatic N) is 1. The number of nitrogens with one attached hydrogen (secondary N) is 1. The van der Waals surface area contributed by atoms with E-state index in [0.29, 0.717) is 0 Å². The SMILES string of the molecule is c1ccc(CCN2CCC3CNCC32)cc1. The van der Waals surface area contributed by atoms with Gasteiger partial charge in [-0.15, -0.1) is 0 Å². The van der Waals surface area contributed by atoms with Gasteiger partial charge in [-0.3, -0.25) is 4.90 Å². The number of hydrogen-bond donors (Lipinski definition) is 1. The van der Waals surface area contributed by atoms with Crippen LogP contribution in [0.25, 0.3) is 0 Å². The highest BCUT2D eigenvalue weighted by Crippen LogP contribution is 2.26. The first-order chi connectivity index (χ1) is 7.93. The minimum Gasteiger partial charge on any atom is -0.315 e. The van der Waals surface area contributed by atoms with Crippen molar-refractivity contribution in [3.05, 3.63) is 35.9 Å². The van der Waals surface area contributed by atoms with Crippen molar-refractivity contribution in [3.8, 4) is 0 Å². The summed E-state index contributed by atoms with van der Waals surface area (Å²) in [6, 6.07) is 11.7. The molecule has 2 heteroatoms. The van der Waals surface area contributed by atoms with Crippen molar-refractivity contribution < 1.29 is 0 Å². The van der Waals surface area contributed by atoms with E-state index in [1.807, 2.05) is 0 Å². The molecule has 3 rings (SSSR count). The molecule has 0 radical (unpaired) electrons. The van der Waals surface area contributed by atoms with Crippen LogP contribution in [0.1, 0.15) is 12.0 Å². The van der Waals surface area contributed by atoms with Crippen molar-refractivity contribution in [3.63, 3.8) is 0 Å². The topological polar surface area (TPSA) is 15.3 Å². The first-order valence-corrected chi connectivity index (χ1v) is 6.42. The van der Waals surface area contributed by atoms with Crippen LogP contribution in [0, 0.1) is 5.92 Å². The molecule has 2 heterocycles. The maximum absolute atomic E-state index is 3.51. The third-order valence-corrected chi connectivity index (χ3v) is 4.09. The molecule has 0 spiro atoms. The fourth-order valence-corrected chi connectivity index (χ4v) is 3.13. The van der Waals surface area contributed by atoms with Gasteiger partial charge >= 0.3 is 0 Å². The Balaban J connectivity index is 1.56. The van der Waals surface area contributed by atoms with E-state index in [2.05, 4.69) is 40.5 Å². The second kappa shape index (κ2) is 4.56. The zero-order valence-electron chi connectivity index (χ0n) is 9.73. The van der Waals surface area contributed by atoms with E-state index in [9.17, 15) is 0 Å². The molecule has 1 aromatic rings. The summed E-state index contributed by atoms with van der Waals surface area (Å²) < 4.78 is 0. The van der Waals surface area contributed by atoms with E-state index in [1.165, 1.54) is 44.6 Å². The Morgan fingerprint density at radius 1 is 1.19 bits per heavy atom. The average Bonchev–Trinajstić information content (AvgIpc) is 2.90. The molecule has 2 aliphatic rings. The molecule has 0 amide bonds. The quantitative estimate of drug-likeness (QED) is 0.824. The third-order valence-electron chi connectivity index (χ3n) is 4.09. The lowest BCUT2D eigenvalue weighted by Crippen LogP contribution is -2.35. The zero-order valence-corrected chi connectivity index (χ0v) is 9.73. The molecule has 0 aromatic heterocycles. The Morgan fingerprint density at radius 3 is 2.94 bits per heavy atom. The van der Waals surface area contributed by atoms with Crippen LogP contribution >= 0.6 is 0 Å². The van der Waals surface area contributed by atoms with Crippen molar-refractivity contribution >= 4 is 0 Å². The highest BCUT2D eigenvalue weighted by Gasteiger charge is 2.36. The molecule has 1 aromatic carbocycles. The van der Waals surface area contributed by atoms with Crippen molar-refractivity contribution in [2.45, 2.75) is 18.9 Å². The van der Waals surface area contributed by atoms with Gasteiger partial charge < -0.3 is 5.32 Å². The summed E-state index contributed by atoms with van der Waals surface area (Å²) in [6.07, 6.45) is 2.59. The summed E-state index contributed by atoms with van der Waals surface area (Å²) in [5.74, 6) is 0.927. The van der Waals surface area contributed by atoms with Crippen molar-refractivity contribution in [1.29, 1.82) is 0 Å². The lowest BCUT2D eigenvalue weighted by atomic mass is 10.0. The third kappa shape index (κ3) is 2.00. The molecule has 0 aliphatic carbocycles. The number of rotatable bonds is 3. The van der Waals surface area contributed by atoms with Crippen LogP contribution in [0.2, 0.25) is 0 Å². The van der Waals surface area contributed by atoms with Crippen LogP contribution in [-0.2, 0) is 6.42 Å². The van der Waals surface area contributed by atoms with Crippen LogP contribution < -0.4 is 5.32 Å². The minimum atomic E-state index is 0.823. The molecule has 2 atom stereocenters. The normalized spacial score (nSPS) is 29.5. The molecule has 0 bridgehead atoms. The zero-order chi connectivity index (χ0) is 10.8. The number of hydrogen-bond acceptors (Lipinski definition) is 2. The molecular weight excluding hydrogens is 196 g/mol. The molecule has 0 saturated carbocycles. The van der Waals surface area contributed by atoms with E-state index in [-0.39, 0.29) is 0 Å². The second-order valence-corrected chi connectivity index (χ2v) is 5.05. The van der Waals surface area contributed by atoms with Gasteiger partial charge in [-0.05, 0) is 37.4 Å². The smallest absolute Gasteiger partial charge is 0.0261 e. The Kier molecular flexibility index (Phi) is 2.94. The summed E-state index contributed by atoms with van der Waals surface area (Å²) >= 11 is 0. The lowest BCUT2D eigenvalue weighted by molar-refractivity contribution is 0.255. The van der Waals surface area contributed by atoms with Gasteiger partial charge in [0.25, 0.3) is 0 Å². The molecular formula is C14H20N2. The highest BCUT2D eigenvalue weighted by atomic mass is 15.2. The van der Waals surface area contributed by atoms with Crippen LogP contribution in [0.4, 0.5) is 0 Å². The van der Waals surface area contributed by atoms with E-state index in [1.54, 1.807) is 0 Å². The summed E-state index contributed by atoms with van der Waals surface area (Å²) in [4.78, 5) is 2.68. The van der Waals surface area contributed by atoms with E-state index < -0.39 is 0 Å². The van der Waals surface area contributed by atoms with Gasteiger partial charge in [-0.1, -0.05) is 30.3 Å². The minimum absolute atomic E-state index is 0.823. The van der Waals surface area contributed by atoms with Crippen LogP contribution in [0.5, 0.6) is 0 Å². The average molecular weight is 216 g/mol. The van der Waals surface area contributed by atoms with Gasteiger partial charge in [0.15, 0.2) is 0 Å².